The number of thiazole rings is 1. The Morgan fingerprint density at radius 3 is 2.27 bits per heavy atom. The second-order valence-corrected chi connectivity index (χ2v) is 8.97. The zero-order valence-electron chi connectivity index (χ0n) is 14.2. The van der Waals surface area contributed by atoms with Gasteiger partial charge in [-0.1, -0.05) is 70.7 Å². The fraction of sp³-hybridized carbons (Fsp3) is 0.526. The van der Waals surface area contributed by atoms with Crippen molar-refractivity contribution in [1.29, 1.82) is 0 Å². The molecular weight excluding hydrogens is 285 g/mol. The van der Waals surface area contributed by atoms with Gasteiger partial charge in [0.05, 0.1) is 5.01 Å². The summed E-state index contributed by atoms with van der Waals surface area (Å²) in [4.78, 5) is 4.96. The Bertz CT molecular complexity index is 614. The molecule has 0 radical (unpaired) electrons. The van der Waals surface area contributed by atoms with Gasteiger partial charge in [-0.25, -0.2) is 0 Å². The Morgan fingerprint density at radius 1 is 1.00 bits per heavy atom. The third-order valence-electron chi connectivity index (χ3n) is 5.80. The first kappa shape index (κ1) is 15.8. The van der Waals surface area contributed by atoms with Crippen molar-refractivity contribution in [3.63, 3.8) is 0 Å². The molecule has 1 aromatic carbocycles. The van der Waals surface area contributed by atoms with E-state index in [1.54, 1.807) is 0 Å². The summed E-state index contributed by atoms with van der Waals surface area (Å²) in [5.74, 6) is 0. The SMILES string of the molecule is CC1(C)CB(c2csc(CCc3ccccc3)n2)CC1(C)C. The van der Waals surface area contributed by atoms with Crippen molar-refractivity contribution in [2.24, 2.45) is 10.8 Å². The van der Waals surface area contributed by atoms with Crippen LogP contribution >= 0.6 is 11.3 Å². The lowest BCUT2D eigenvalue weighted by Crippen LogP contribution is -2.29. The molecule has 0 N–H and O–H groups in total. The maximum absolute atomic E-state index is 4.96. The molecule has 0 spiro atoms. The van der Waals surface area contributed by atoms with Gasteiger partial charge < -0.3 is 0 Å². The van der Waals surface area contributed by atoms with Gasteiger partial charge in [0, 0.05) is 17.4 Å². The number of hydrogen-bond donors (Lipinski definition) is 0. The van der Waals surface area contributed by atoms with E-state index >= 15 is 0 Å². The van der Waals surface area contributed by atoms with Gasteiger partial charge in [-0.3, -0.25) is 4.98 Å². The molecule has 1 fully saturated rings. The van der Waals surface area contributed by atoms with Crippen molar-refractivity contribution >= 4 is 23.6 Å². The zero-order chi connectivity index (χ0) is 15.8. The van der Waals surface area contributed by atoms with E-state index < -0.39 is 0 Å². The van der Waals surface area contributed by atoms with Crippen LogP contribution in [-0.4, -0.2) is 11.7 Å². The smallest absolute Gasteiger partial charge is 0.202 e. The first-order chi connectivity index (χ1) is 10.4. The predicted molar refractivity (Wildman–Crippen MR) is 98.5 cm³/mol. The standard InChI is InChI=1S/C19H26BNS/c1-18(2)13-20(14-19(18,3)4)16-12-22-17(21-16)11-10-15-8-6-5-7-9-15/h5-9,12H,10-11,13-14H2,1-4H3. The fourth-order valence-corrected chi connectivity index (χ4v) is 4.47. The first-order valence-corrected chi connectivity index (χ1v) is 9.24. The van der Waals surface area contributed by atoms with E-state index in [0.717, 1.165) is 12.8 Å². The summed E-state index contributed by atoms with van der Waals surface area (Å²) >= 11 is 1.84. The van der Waals surface area contributed by atoms with Gasteiger partial charge in [-0.15, -0.1) is 11.3 Å². The minimum Gasteiger partial charge on any atom is -0.256 e. The van der Waals surface area contributed by atoms with Crippen molar-refractivity contribution < 1.29 is 0 Å². The van der Waals surface area contributed by atoms with E-state index in [2.05, 4.69) is 63.4 Å². The first-order valence-electron chi connectivity index (χ1n) is 8.36. The third kappa shape index (κ3) is 3.15. The van der Waals surface area contributed by atoms with Crippen molar-refractivity contribution in [2.75, 3.05) is 0 Å². The molecule has 1 aliphatic rings. The number of rotatable bonds is 4. The Balaban J connectivity index is 1.65. The molecule has 3 heteroatoms. The predicted octanol–water partition coefficient (Wildman–Crippen LogP) is 4.70. The van der Waals surface area contributed by atoms with Crippen LogP contribution in [0.15, 0.2) is 35.7 Å². The second-order valence-electron chi connectivity index (χ2n) is 8.02. The maximum Gasteiger partial charge on any atom is 0.202 e. The van der Waals surface area contributed by atoms with Crippen molar-refractivity contribution in [2.45, 2.75) is 53.2 Å². The summed E-state index contributed by atoms with van der Waals surface area (Å²) in [6.07, 6.45) is 4.69. The van der Waals surface area contributed by atoms with Gasteiger partial charge >= 0.3 is 0 Å². The molecule has 0 unspecified atom stereocenters. The molecule has 22 heavy (non-hydrogen) atoms. The van der Waals surface area contributed by atoms with Crippen LogP contribution in [0, 0.1) is 10.8 Å². The van der Waals surface area contributed by atoms with Crippen LogP contribution in [0.25, 0.3) is 0 Å². The van der Waals surface area contributed by atoms with Gasteiger partial charge in [0.2, 0.25) is 6.71 Å². The van der Waals surface area contributed by atoms with Crippen molar-refractivity contribution in [3.05, 3.63) is 46.3 Å². The topological polar surface area (TPSA) is 12.9 Å². The van der Waals surface area contributed by atoms with Crippen LogP contribution in [0.1, 0.15) is 38.3 Å². The number of aromatic nitrogens is 1. The molecule has 0 bridgehead atoms. The maximum atomic E-state index is 4.96. The van der Waals surface area contributed by atoms with Crippen LogP contribution < -0.4 is 5.59 Å². The van der Waals surface area contributed by atoms with Crippen molar-refractivity contribution in [1.82, 2.24) is 4.98 Å². The Labute approximate surface area is 139 Å². The molecule has 0 aliphatic carbocycles. The molecule has 0 amide bonds. The van der Waals surface area contributed by atoms with E-state index in [1.807, 2.05) is 11.3 Å². The number of nitrogens with zero attached hydrogens (tertiary/aromatic N) is 1. The lowest BCUT2D eigenvalue weighted by molar-refractivity contribution is 0.177. The third-order valence-corrected chi connectivity index (χ3v) is 6.73. The minimum atomic E-state index is 0.408. The molecule has 0 saturated carbocycles. The normalized spacial score (nSPS) is 19.5. The zero-order valence-corrected chi connectivity index (χ0v) is 15.0. The highest BCUT2D eigenvalue weighted by Gasteiger charge is 2.48. The lowest BCUT2D eigenvalue weighted by atomic mass is 9.44. The molecule has 1 aliphatic heterocycles. The van der Waals surface area contributed by atoms with E-state index in [9.17, 15) is 0 Å². The van der Waals surface area contributed by atoms with Crippen LogP contribution in [0.4, 0.5) is 0 Å². The fourth-order valence-electron chi connectivity index (χ4n) is 3.59. The summed E-state index contributed by atoms with van der Waals surface area (Å²) in [6.45, 7) is 10.3. The molecule has 1 aromatic heterocycles. The average molecular weight is 311 g/mol. The van der Waals surface area contributed by atoms with Gasteiger partial charge in [0.15, 0.2) is 0 Å². The summed E-state index contributed by atoms with van der Waals surface area (Å²) in [7, 11) is 0. The summed E-state index contributed by atoms with van der Waals surface area (Å²) in [5, 5.41) is 3.60. The van der Waals surface area contributed by atoms with E-state index in [0.29, 0.717) is 17.5 Å². The van der Waals surface area contributed by atoms with Crippen LogP contribution in [0.5, 0.6) is 0 Å². The van der Waals surface area contributed by atoms with E-state index in [4.69, 9.17) is 4.98 Å². The highest BCUT2D eigenvalue weighted by atomic mass is 32.1. The van der Waals surface area contributed by atoms with E-state index in [-0.39, 0.29) is 0 Å². The minimum absolute atomic E-state index is 0.408. The molecule has 3 rings (SSSR count). The van der Waals surface area contributed by atoms with Crippen LogP contribution in [-0.2, 0) is 12.8 Å². The van der Waals surface area contributed by atoms with Crippen molar-refractivity contribution in [3.8, 4) is 0 Å². The van der Waals surface area contributed by atoms with Gasteiger partial charge in [-0.2, -0.15) is 0 Å². The molecule has 2 aromatic rings. The summed E-state index contributed by atoms with van der Waals surface area (Å²) in [6, 6.07) is 10.7. The molecular formula is C19H26BNS. The Kier molecular flexibility index (Phi) is 4.20. The van der Waals surface area contributed by atoms with Gasteiger partial charge in [0.25, 0.3) is 0 Å². The largest absolute Gasteiger partial charge is 0.256 e. The Morgan fingerprint density at radius 2 is 1.64 bits per heavy atom. The van der Waals surface area contributed by atoms with Crippen LogP contribution in [0.2, 0.25) is 12.6 Å². The summed E-state index contributed by atoms with van der Waals surface area (Å²) in [5.41, 5.74) is 3.56. The highest BCUT2D eigenvalue weighted by molar-refractivity contribution is 7.10. The lowest BCUT2D eigenvalue weighted by Gasteiger charge is -2.35. The molecule has 1 saturated heterocycles. The molecule has 2 heterocycles. The Hall–Kier alpha value is -1.09. The number of benzene rings is 1. The summed E-state index contributed by atoms with van der Waals surface area (Å²) < 4.78 is 0. The highest BCUT2D eigenvalue weighted by Crippen LogP contribution is 2.52. The monoisotopic (exact) mass is 311 g/mol. The molecule has 116 valence electrons. The number of aryl methyl sites for hydroxylation is 2. The average Bonchev–Trinajstić information content (AvgIpc) is 3.01. The quantitative estimate of drug-likeness (QED) is 0.746. The second kappa shape index (κ2) is 5.84. The van der Waals surface area contributed by atoms with E-state index in [1.165, 1.54) is 28.8 Å². The molecule has 1 nitrogen and oxygen atoms in total. The van der Waals surface area contributed by atoms with Crippen LogP contribution in [0.3, 0.4) is 0 Å². The van der Waals surface area contributed by atoms with Gasteiger partial charge in [-0.05, 0) is 22.8 Å². The number of hydrogen-bond acceptors (Lipinski definition) is 2. The van der Waals surface area contributed by atoms with Gasteiger partial charge in [0.1, 0.15) is 0 Å². The molecule has 0 atom stereocenters.